The number of rotatable bonds is 3. The smallest absolute Gasteiger partial charge is 0.221 e. The van der Waals surface area contributed by atoms with Crippen LogP contribution in [0.5, 0.6) is 0 Å². The van der Waals surface area contributed by atoms with E-state index in [2.05, 4.69) is 22.2 Å². The SMILES string of the molecule is CC1(NCc2cc(Cl)nc(N)n2)CCCC1. The van der Waals surface area contributed by atoms with E-state index >= 15 is 0 Å². The summed E-state index contributed by atoms with van der Waals surface area (Å²) in [5.41, 5.74) is 6.64. The summed E-state index contributed by atoms with van der Waals surface area (Å²) < 4.78 is 0. The van der Waals surface area contributed by atoms with E-state index in [9.17, 15) is 0 Å². The Hall–Kier alpha value is -0.870. The van der Waals surface area contributed by atoms with Crippen LogP contribution in [0.25, 0.3) is 0 Å². The Kier molecular flexibility index (Phi) is 3.30. The summed E-state index contributed by atoms with van der Waals surface area (Å²) in [5.74, 6) is 0.237. The van der Waals surface area contributed by atoms with Crippen molar-refractivity contribution in [2.45, 2.75) is 44.7 Å². The lowest BCUT2D eigenvalue weighted by atomic mass is 10.0. The molecule has 2 rings (SSSR count). The summed E-state index contributed by atoms with van der Waals surface area (Å²) in [6, 6.07) is 1.75. The second-order valence-corrected chi connectivity index (χ2v) is 5.05. The number of halogens is 1. The first-order chi connectivity index (χ1) is 7.57. The molecular formula is C11H17ClN4. The van der Waals surface area contributed by atoms with Crippen molar-refractivity contribution in [3.05, 3.63) is 16.9 Å². The molecule has 88 valence electrons. The Morgan fingerprint density at radius 2 is 2.12 bits per heavy atom. The van der Waals surface area contributed by atoms with Crippen molar-refractivity contribution in [2.24, 2.45) is 0 Å². The predicted octanol–water partition coefficient (Wildman–Crippen LogP) is 2.13. The maximum absolute atomic E-state index is 5.82. The van der Waals surface area contributed by atoms with Gasteiger partial charge in [0.2, 0.25) is 5.95 Å². The molecule has 16 heavy (non-hydrogen) atoms. The van der Waals surface area contributed by atoms with Crippen LogP contribution in [0.4, 0.5) is 5.95 Å². The van der Waals surface area contributed by atoms with Crippen molar-refractivity contribution in [1.29, 1.82) is 0 Å². The van der Waals surface area contributed by atoms with Gasteiger partial charge in [-0.25, -0.2) is 9.97 Å². The van der Waals surface area contributed by atoms with Gasteiger partial charge in [0.1, 0.15) is 5.15 Å². The number of hydrogen-bond donors (Lipinski definition) is 2. The van der Waals surface area contributed by atoms with E-state index in [4.69, 9.17) is 17.3 Å². The third-order valence-corrected chi connectivity index (χ3v) is 3.36. The Labute approximate surface area is 101 Å². The van der Waals surface area contributed by atoms with Gasteiger partial charge in [-0.15, -0.1) is 0 Å². The molecule has 0 spiro atoms. The topological polar surface area (TPSA) is 63.8 Å². The molecule has 0 unspecified atom stereocenters. The summed E-state index contributed by atoms with van der Waals surface area (Å²) in [4.78, 5) is 7.98. The summed E-state index contributed by atoms with van der Waals surface area (Å²) >= 11 is 5.82. The van der Waals surface area contributed by atoms with Gasteiger partial charge in [0.05, 0.1) is 5.69 Å². The summed E-state index contributed by atoms with van der Waals surface area (Å²) in [7, 11) is 0. The van der Waals surface area contributed by atoms with Crippen molar-refractivity contribution in [3.63, 3.8) is 0 Å². The molecule has 0 bridgehead atoms. The zero-order valence-corrected chi connectivity index (χ0v) is 10.2. The molecular weight excluding hydrogens is 224 g/mol. The van der Waals surface area contributed by atoms with Gasteiger partial charge in [0, 0.05) is 12.1 Å². The summed E-state index contributed by atoms with van der Waals surface area (Å²) in [6.45, 7) is 2.95. The highest BCUT2D eigenvalue weighted by atomic mass is 35.5. The molecule has 0 aliphatic heterocycles. The highest BCUT2D eigenvalue weighted by Gasteiger charge is 2.27. The third-order valence-electron chi connectivity index (χ3n) is 3.17. The molecule has 4 nitrogen and oxygen atoms in total. The van der Waals surface area contributed by atoms with Gasteiger partial charge in [-0.2, -0.15) is 0 Å². The highest BCUT2D eigenvalue weighted by Crippen LogP contribution is 2.29. The van der Waals surface area contributed by atoms with Crippen molar-refractivity contribution < 1.29 is 0 Å². The van der Waals surface area contributed by atoms with E-state index in [1.807, 2.05) is 0 Å². The number of nitrogen functional groups attached to an aromatic ring is 1. The van der Waals surface area contributed by atoms with Crippen LogP contribution in [0, 0.1) is 0 Å². The van der Waals surface area contributed by atoms with Crippen molar-refractivity contribution in [1.82, 2.24) is 15.3 Å². The minimum absolute atomic E-state index is 0.237. The number of nitrogens with zero attached hydrogens (tertiary/aromatic N) is 2. The van der Waals surface area contributed by atoms with E-state index in [0.717, 1.165) is 5.69 Å². The molecule has 0 saturated heterocycles. The lowest BCUT2D eigenvalue weighted by Gasteiger charge is -2.25. The van der Waals surface area contributed by atoms with Crippen LogP contribution in [0.15, 0.2) is 6.07 Å². The molecule has 1 aliphatic rings. The first-order valence-electron chi connectivity index (χ1n) is 5.61. The molecule has 1 aromatic rings. The van der Waals surface area contributed by atoms with Crippen LogP contribution in [-0.2, 0) is 6.54 Å². The number of hydrogen-bond acceptors (Lipinski definition) is 4. The Morgan fingerprint density at radius 3 is 2.75 bits per heavy atom. The first kappa shape index (κ1) is 11.6. The molecule has 1 saturated carbocycles. The molecule has 0 aromatic carbocycles. The van der Waals surface area contributed by atoms with E-state index in [1.165, 1.54) is 25.7 Å². The van der Waals surface area contributed by atoms with E-state index in [0.29, 0.717) is 11.7 Å². The highest BCUT2D eigenvalue weighted by molar-refractivity contribution is 6.29. The molecule has 5 heteroatoms. The molecule has 1 fully saturated rings. The quantitative estimate of drug-likeness (QED) is 0.795. The summed E-state index contributed by atoms with van der Waals surface area (Å²) in [5, 5.41) is 3.93. The second kappa shape index (κ2) is 4.55. The fraction of sp³-hybridized carbons (Fsp3) is 0.636. The maximum Gasteiger partial charge on any atom is 0.221 e. The van der Waals surface area contributed by atoms with Crippen LogP contribution >= 0.6 is 11.6 Å². The van der Waals surface area contributed by atoms with Gasteiger partial charge in [0.25, 0.3) is 0 Å². The van der Waals surface area contributed by atoms with Crippen molar-refractivity contribution in [3.8, 4) is 0 Å². The lowest BCUT2D eigenvalue weighted by molar-refractivity contribution is 0.360. The number of aromatic nitrogens is 2. The van der Waals surface area contributed by atoms with Gasteiger partial charge in [0.15, 0.2) is 0 Å². The molecule has 0 amide bonds. The van der Waals surface area contributed by atoms with Gasteiger partial charge < -0.3 is 11.1 Å². The molecule has 1 aliphatic carbocycles. The largest absolute Gasteiger partial charge is 0.368 e. The van der Waals surface area contributed by atoms with Crippen molar-refractivity contribution >= 4 is 17.5 Å². The van der Waals surface area contributed by atoms with Gasteiger partial charge >= 0.3 is 0 Å². The average molecular weight is 241 g/mol. The standard InChI is InChI=1S/C11H17ClN4/c1-11(4-2-3-5-11)14-7-8-6-9(12)16-10(13)15-8/h6,14H,2-5,7H2,1H3,(H2,13,15,16). The molecule has 1 heterocycles. The van der Waals surface area contributed by atoms with Crippen LogP contribution in [0.1, 0.15) is 38.3 Å². The Morgan fingerprint density at radius 1 is 1.44 bits per heavy atom. The van der Waals surface area contributed by atoms with E-state index < -0.39 is 0 Å². The van der Waals surface area contributed by atoms with Gasteiger partial charge in [-0.3, -0.25) is 0 Å². The normalized spacial score (nSPS) is 18.9. The average Bonchev–Trinajstić information content (AvgIpc) is 2.62. The molecule has 1 aromatic heterocycles. The Bertz CT molecular complexity index is 354. The molecule has 3 N–H and O–H groups in total. The van der Waals surface area contributed by atoms with Crippen LogP contribution in [0.3, 0.4) is 0 Å². The zero-order valence-electron chi connectivity index (χ0n) is 9.46. The molecule has 0 radical (unpaired) electrons. The van der Waals surface area contributed by atoms with Crippen LogP contribution in [0.2, 0.25) is 5.15 Å². The summed E-state index contributed by atoms with van der Waals surface area (Å²) in [6.07, 6.45) is 5.05. The first-order valence-corrected chi connectivity index (χ1v) is 5.99. The Balaban J connectivity index is 1.98. The fourth-order valence-electron chi connectivity index (χ4n) is 2.21. The van der Waals surface area contributed by atoms with Crippen molar-refractivity contribution in [2.75, 3.05) is 5.73 Å². The fourth-order valence-corrected chi connectivity index (χ4v) is 2.42. The van der Waals surface area contributed by atoms with Crippen LogP contribution < -0.4 is 11.1 Å². The zero-order chi connectivity index (χ0) is 11.6. The second-order valence-electron chi connectivity index (χ2n) is 4.66. The minimum atomic E-state index is 0.237. The van der Waals surface area contributed by atoms with Crippen LogP contribution in [-0.4, -0.2) is 15.5 Å². The predicted molar refractivity (Wildman–Crippen MR) is 65.2 cm³/mol. The number of nitrogens with one attached hydrogen (secondary N) is 1. The minimum Gasteiger partial charge on any atom is -0.368 e. The lowest BCUT2D eigenvalue weighted by Crippen LogP contribution is -2.39. The number of nitrogens with two attached hydrogens (primary N) is 1. The molecule has 0 atom stereocenters. The maximum atomic E-state index is 5.82. The monoisotopic (exact) mass is 240 g/mol. The van der Waals surface area contributed by atoms with Gasteiger partial charge in [-0.05, 0) is 25.8 Å². The van der Waals surface area contributed by atoms with Gasteiger partial charge in [-0.1, -0.05) is 24.4 Å². The van der Waals surface area contributed by atoms with E-state index in [1.54, 1.807) is 6.07 Å². The third kappa shape index (κ3) is 2.83. The van der Waals surface area contributed by atoms with E-state index in [-0.39, 0.29) is 11.5 Å². The number of anilines is 1.